The van der Waals surface area contributed by atoms with Gasteiger partial charge in [-0.05, 0) is 31.5 Å². The van der Waals surface area contributed by atoms with Gasteiger partial charge in [-0.15, -0.1) is 0 Å². The van der Waals surface area contributed by atoms with Crippen molar-refractivity contribution in [1.29, 1.82) is 0 Å². The van der Waals surface area contributed by atoms with Crippen molar-refractivity contribution in [2.24, 2.45) is 0 Å². The van der Waals surface area contributed by atoms with Crippen molar-refractivity contribution in [2.75, 3.05) is 26.2 Å². The molecule has 1 aromatic carbocycles. The smallest absolute Gasteiger partial charge is 0.243 e. The van der Waals surface area contributed by atoms with Gasteiger partial charge in [0.05, 0.1) is 6.04 Å². The maximum atomic E-state index is 12.9. The summed E-state index contributed by atoms with van der Waals surface area (Å²) in [6.07, 6.45) is 0. The summed E-state index contributed by atoms with van der Waals surface area (Å²) in [5.74, 6) is 1.18. The van der Waals surface area contributed by atoms with E-state index in [1.807, 2.05) is 19.1 Å². The van der Waals surface area contributed by atoms with Gasteiger partial charge in [0, 0.05) is 32.7 Å². The Labute approximate surface area is 129 Å². The minimum absolute atomic E-state index is 0.147. The largest absolute Gasteiger partial charge is 0.338 e. The number of nitrogens with zero attached hydrogens (tertiary/aromatic N) is 4. The summed E-state index contributed by atoms with van der Waals surface area (Å²) < 4.78 is 18.2. The molecule has 0 N–H and O–H groups in total. The highest BCUT2D eigenvalue weighted by atomic mass is 19.1. The number of aromatic nitrogens is 2. The van der Waals surface area contributed by atoms with Crippen LogP contribution in [0.25, 0.3) is 0 Å². The number of rotatable bonds is 4. The molecular formula is C16H21FN4O. The van der Waals surface area contributed by atoms with Gasteiger partial charge in [0.2, 0.25) is 5.89 Å². The van der Waals surface area contributed by atoms with Gasteiger partial charge >= 0.3 is 0 Å². The minimum atomic E-state index is -0.183. The first-order valence-corrected chi connectivity index (χ1v) is 7.63. The molecule has 2 heterocycles. The Balaban J connectivity index is 1.52. The maximum absolute atomic E-state index is 12.9. The zero-order valence-electron chi connectivity index (χ0n) is 13.0. The average molecular weight is 304 g/mol. The van der Waals surface area contributed by atoms with Gasteiger partial charge in [0.1, 0.15) is 5.82 Å². The number of halogens is 1. The summed E-state index contributed by atoms with van der Waals surface area (Å²) in [6.45, 7) is 8.68. The summed E-state index contributed by atoms with van der Waals surface area (Å²) >= 11 is 0. The van der Waals surface area contributed by atoms with Crippen LogP contribution in [0.1, 0.15) is 30.2 Å². The Morgan fingerprint density at radius 3 is 2.45 bits per heavy atom. The number of benzene rings is 1. The van der Waals surface area contributed by atoms with Crippen molar-refractivity contribution in [3.8, 4) is 0 Å². The monoisotopic (exact) mass is 304 g/mol. The molecule has 0 bridgehead atoms. The van der Waals surface area contributed by atoms with Gasteiger partial charge in [0.15, 0.2) is 5.82 Å². The lowest BCUT2D eigenvalue weighted by atomic mass is 10.1. The lowest BCUT2D eigenvalue weighted by molar-refractivity contribution is 0.0845. The average Bonchev–Trinajstić information content (AvgIpc) is 2.96. The quantitative estimate of drug-likeness (QED) is 0.868. The fourth-order valence-electron chi connectivity index (χ4n) is 2.80. The molecule has 1 saturated heterocycles. The van der Waals surface area contributed by atoms with Gasteiger partial charge in [-0.2, -0.15) is 4.98 Å². The van der Waals surface area contributed by atoms with Crippen molar-refractivity contribution in [1.82, 2.24) is 19.9 Å². The van der Waals surface area contributed by atoms with E-state index in [2.05, 4.69) is 26.9 Å². The highest BCUT2D eigenvalue weighted by Crippen LogP contribution is 2.20. The standard InChI is InChI=1S/C16H21FN4O/c1-12(16-18-13(2)19-22-16)21-9-7-20(8-10-21)11-14-3-5-15(17)6-4-14/h3-6,12H,7-11H2,1-2H3/t12-/m1/s1. The molecule has 0 saturated carbocycles. The fraction of sp³-hybridized carbons (Fsp3) is 0.500. The summed E-state index contributed by atoms with van der Waals surface area (Å²) in [7, 11) is 0. The second kappa shape index (κ2) is 6.54. The Bertz CT molecular complexity index is 605. The molecule has 0 unspecified atom stereocenters. The Kier molecular flexibility index (Phi) is 4.49. The minimum Gasteiger partial charge on any atom is -0.338 e. The highest BCUT2D eigenvalue weighted by molar-refractivity contribution is 5.16. The van der Waals surface area contributed by atoms with Crippen LogP contribution in [-0.4, -0.2) is 46.1 Å². The zero-order valence-corrected chi connectivity index (χ0v) is 13.0. The van der Waals surface area contributed by atoms with Crippen molar-refractivity contribution in [2.45, 2.75) is 26.4 Å². The highest BCUT2D eigenvalue weighted by Gasteiger charge is 2.25. The van der Waals surface area contributed by atoms with E-state index in [0.717, 1.165) is 38.3 Å². The topological polar surface area (TPSA) is 45.4 Å². The molecule has 0 aliphatic carbocycles. The number of aryl methyl sites for hydroxylation is 1. The van der Waals surface area contributed by atoms with Crippen LogP contribution in [0.2, 0.25) is 0 Å². The van der Waals surface area contributed by atoms with Crippen LogP contribution in [0.4, 0.5) is 4.39 Å². The summed E-state index contributed by atoms with van der Waals surface area (Å²) in [6, 6.07) is 6.89. The molecule has 0 radical (unpaired) electrons. The van der Waals surface area contributed by atoms with Crippen LogP contribution in [0.3, 0.4) is 0 Å². The third-order valence-corrected chi connectivity index (χ3v) is 4.17. The predicted octanol–water partition coefficient (Wildman–Crippen LogP) is 2.40. The molecule has 118 valence electrons. The van der Waals surface area contributed by atoms with Crippen LogP contribution in [0, 0.1) is 12.7 Å². The number of hydrogen-bond acceptors (Lipinski definition) is 5. The molecule has 1 aliphatic rings. The van der Waals surface area contributed by atoms with Crippen molar-refractivity contribution < 1.29 is 8.91 Å². The third-order valence-electron chi connectivity index (χ3n) is 4.17. The lowest BCUT2D eigenvalue weighted by Gasteiger charge is -2.36. The van der Waals surface area contributed by atoms with Gasteiger partial charge in [-0.3, -0.25) is 9.80 Å². The third kappa shape index (κ3) is 3.51. The number of hydrogen-bond donors (Lipinski definition) is 0. The second-order valence-corrected chi connectivity index (χ2v) is 5.79. The van der Waals surface area contributed by atoms with Gasteiger partial charge in [-0.25, -0.2) is 4.39 Å². The van der Waals surface area contributed by atoms with E-state index in [4.69, 9.17) is 4.52 Å². The van der Waals surface area contributed by atoms with E-state index in [0.29, 0.717) is 11.7 Å². The molecule has 3 rings (SSSR count). The molecule has 6 heteroatoms. The van der Waals surface area contributed by atoms with Gasteiger partial charge in [-0.1, -0.05) is 17.3 Å². The van der Waals surface area contributed by atoms with E-state index in [1.165, 1.54) is 12.1 Å². The first-order chi connectivity index (χ1) is 10.6. The molecule has 2 aromatic rings. The van der Waals surface area contributed by atoms with E-state index in [9.17, 15) is 4.39 Å². The molecule has 22 heavy (non-hydrogen) atoms. The van der Waals surface area contributed by atoms with Crippen LogP contribution >= 0.6 is 0 Å². The summed E-state index contributed by atoms with van der Waals surface area (Å²) in [5.41, 5.74) is 1.15. The SMILES string of the molecule is Cc1noc([C@@H](C)N2CCN(Cc3ccc(F)cc3)CC2)n1. The van der Waals surface area contributed by atoms with E-state index < -0.39 is 0 Å². The van der Waals surface area contributed by atoms with Crippen molar-refractivity contribution in [3.63, 3.8) is 0 Å². The molecule has 1 aromatic heterocycles. The molecule has 5 nitrogen and oxygen atoms in total. The fourth-order valence-corrected chi connectivity index (χ4v) is 2.80. The Morgan fingerprint density at radius 1 is 1.18 bits per heavy atom. The predicted molar refractivity (Wildman–Crippen MR) is 80.7 cm³/mol. The van der Waals surface area contributed by atoms with Crippen LogP contribution < -0.4 is 0 Å². The zero-order chi connectivity index (χ0) is 15.5. The Hall–Kier alpha value is -1.79. The maximum Gasteiger partial charge on any atom is 0.243 e. The van der Waals surface area contributed by atoms with E-state index in [1.54, 1.807) is 0 Å². The lowest BCUT2D eigenvalue weighted by Crippen LogP contribution is -2.46. The molecule has 0 amide bonds. The molecule has 1 aliphatic heterocycles. The summed E-state index contributed by atoms with van der Waals surface area (Å²) in [5, 5.41) is 3.86. The van der Waals surface area contributed by atoms with Crippen LogP contribution in [0.15, 0.2) is 28.8 Å². The first-order valence-electron chi connectivity index (χ1n) is 7.63. The normalized spacial score (nSPS) is 18.5. The summed E-state index contributed by atoms with van der Waals surface area (Å²) in [4.78, 5) is 9.05. The van der Waals surface area contributed by atoms with E-state index >= 15 is 0 Å². The Morgan fingerprint density at radius 2 is 1.86 bits per heavy atom. The van der Waals surface area contributed by atoms with Crippen LogP contribution in [-0.2, 0) is 6.54 Å². The molecule has 0 spiro atoms. The van der Waals surface area contributed by atoms with E-state index in [-0.39, 0.29) is 11.9 Å². The van der Waals surface area contributed by atoms with Crippen molar-refractivity contribution >= 4 is 0 Å². The van der Waals surface area contributed by atoms with Gasteiger partial charge < -0.3 is 4.52 Å². The van der Waals surface area contributed by atoms with Gasteiger partial charge in [0.25, 0.3) is 0 Å². The molecule has 1 fully saturated rings. The number of piperazine rings is 1. The van der Waals surface area contributed by atoms with Crippen LogP contribution in [0.5, 0.6) is 0 Å². The van der Waals surface area contributed by atoms with Crippen molar-refractivity contribution in [3.05, 3.63) is 47.4 Å². The molecular weight excluding hydrogens is 283 g/mol. The second-order valence-electron chi connectivity index (χ2n) is 5.79. The molecule has 1 atom stereocenters. The first kappa shape index (κ1) is 15.1.